The van der Waals surface area contributed by atoms with Gasteiger partial charge in [0.05, 0.1) is 5.69 Å². The van der Waals surface area contributed by atoms with Crippen LogP contribution in [0.15, 0.2) is 152 Å². The Morgan fingerprint density at radius 2 is 1.15 bits per heavy atom. The lowest BCUT2D eigenvalue weighted by molar-refractivity contribution is 0.660. The van der Waals surface area contributed by atoms with Crippen LogP contribution in [0, 0.1) is 0 Å². The van der Waals surface area contributed by atoms with Crippen LogP contribution in [0.5, 0.6) is 0 Å². The summed E-state index contributed by atoms with van der Waals surface area (Å²) in [7, 11) is 0. The van der Waals surface area contributed by atoms with Crippen LogP contribution in [-0.2, 0) is 18.3 Å². The number of aryl methyl sites for hydroxylation is 1. The van der Waals surface area contributed by atoms with Crippen LogP contribution in [0.25, 0.3) is 44.2 Å². The van der Waals surface area contributed by atoms with Gasteiger partial charge in [0.2, 0.25) is 0 Å². The molecule has 0 aromatic heterocycles. The van der Waals surface area contributed by atoms with E-state index in [9.17, 15) is 0 Å². The van der Waals surface area contributed by atoms with E-state index >= 15 is 0 Å². The standard InChI is InChI=1S/C47H39N/c1-47(2)44-25-11-10-22-41(44)42-30-43(40-24-13-17-33-15-7-9-21-39(33)40)46(31-45(42)47)48(35-18-4-3-5-19-35)36-28-26-34(27-29-36)38-23-12-16-32-14-6-8-20-37(32)38/h3-6,8,10-14,16-20,22-31H,7,9,15,21H2,1-2H3. The van der Waals surface area contributed by atoms with Gasteiger partial charge in [-0.1, -0.05) is 129 Å². The highest BCUT2D eigenvalue weighted by molar-refractivity contribution is 5.98. The second-order valence-corrected chi connectivity index (χ2v) is 14.0. The first-order valence-corrected chi connectivity index (χ1v) is 17.4. The second-order valence-electron chi connectivity index (χ2n) is 14.0. The topological polar surface area (TPSA) is 3.24 Å². The van der Waals surface area contributed by atoms with Crippen molar-refractivity contribution in [1.82, 2.24) is 0 Å². The summed E-state index contributed by atoms with van der Waals surface area (Å²) >= 11 is 0. The summed E-state index contributed by atoms with van der Waals surface area (Å²) in [6.45, 7) is 4.77. The lowest BCUT2D eigenvalue weighted by Gasteiger charge is -2.31. The molecule has 7 aromatic carbocycles. The summed E-state index contributed by atoms with van der Waals surface area (Å²) in [6.07, 6.45) is 4.82. The largest absolute Gasteiger partial charge is 0.310 e. The molecule has 1 nitrogen and oxygen atoms in total. The van der Waals surface area contributed by atoms with Crippen LogP contribution in [0.2, 0.25) is 0 Å². The van der Waals surface area contributed by atoms with E-state index in [-0.39, 0.29) is 5.41 Å². The molecule has 0 heterocycles. The fourth-order valence-corrected chi connectivity index (χ4v) is 8.44. The monoisotopic (exact) mass is 617 g/mol. The third-order valence-electron chi connectivity index (χ3n) is 10.9. The van der Waals surface area contributed by atoms with Crippen molar-refractivity contribution in [1.29, 1.82) is 0 Å². The van der Waals surface area contributed by atoms with Gasteiger partial charge in [0, 0.05) is 22.4 Å². The molecule has 232 valence electrons. The van der Waals surface area contributed by atoms with E-state index in [1.807, 2.05) is 0 Å². The third-order valence-corrected chi connectivity index (χ3v) is 10.9. The third kappa shape index (κ3) is 4.60. The second kappa shape index (κ2) is 11.4. The predicted molar refractivity (Wildman–Crippen MR) is 204 cm³/mol. The first kappa shape index (κ1) is 28.8. The van der Waals surface area contributed by atoms with Crippen molar-refractivity contribution in [2.24, 2.45) is 0 Å². The normalized spacial score (nSPS) is 14.3. The molecule has 0 bridgehead atoms. The molecule has 0 saturated heterocycles. The van der Waals surface area contributed by atoms with Crippen molar-refractivity contribution in [3.8, 4) is 33.4 Å². The molecule has 0 fully saturated rings. The summed E-state index contributed by atoms with van der Waals surface area (Å²) in [5, 5.41) is 2.55. The molecule has 0 saturated carbocycles. The van der Waals surface area contributed by atoms with E-state index in [0.29, 0.717) is 0 Å². The van der Waals surface area contributed by atoms with Gasteiger partial charge in [0.25, 0.3) is 0 Å². The maximum absolute atomic E-state index is 2.52. The van der Waals surface area contributed by atoms with Crippen LogP contribution >= 0.6 is 0 Å². The van der Waals surface area contributed by atoms with Crippen LogP contribution in [-0.4, -0.2) is 0 Å². The Morgan fingerprint density at radius 3 is 2.02 bits per heavy atom. The molecule has 7 aromatic rings. The average molecular weight is 618 g/mol. The van der Waals surface area contributed by atoms with E-state index in [1.54, 1.807) is 0 Å². The molecule has 48 heavy (non-hydrogen) atoms. The number of hydrogen-bond donors (Lipinski definition) is 0. The van der Waals surface area contributed by atoms with Crippen LogP contribution in [0.3, 0.4) is 0 Å². The Labute approximate surface area is 284 Å². The van der Waals surface area contributed by atoms with Crippen molar-refractivity contribution in [2.75, 3.05) is 4.90 Å². The minimum Gasteiger partial charge on any atom is -0.310 e. The summed E-state index contributed by atoms with van der Waals surface area (Å²) in [5.74, 6) is 0. The van der Waals surface area contributed by atoms with Gasteiger partial charge in [-0.15, -0.1) is 0 Å². The highest BCUT2D eigenvalue weighted by Gasteiger charge is 2.37. The van der Waals surface area contributed by atoms with Gasteiger partial charge in [0.1, 0.15) is 0 Å². The van der Waals surface area contributed by atoms with Gasteiger partial charge in [-0.2, -0.15) is 0 Å². The van der Waals surface area contributed by atoms with E-state index < -0.39 is 0 Å². The molecule has 2 aliphatic carbocycles. The molecule has 0 atom stereocenters. The molecular weight excluding hydrogens is 579 g/mol. The number of fused-ring (bicyclic) bond motifs is 5. The molecule has 1 heteroatoms. The summed E-state index contributed by atoms with van der Waals surface area (Å²) in [6, 6.07) is 56.4. The molecule has 9 rings (SSSR count). The zero-order valence-corrected chi connectivity index (χ0v) is 27.7. The van der Waals surface area contributed by atoms with Gasteiger partial charge in [0.15, 0.2) is 0 Å². The SMILES string of the molecule is CC1(C)c2ccccc2-c2cc(-c3cccc4c3CCCC4)c(N(c3ccccc3)c3ccc(-c4cccc5ccccc45)cc3)cc21. The Hall–Kier alpha value is -5.40. The first-order chi connectivity index (χ1) is 23.6. The van der Waals surface area contributed by atoms with Gasteiger partial charge in [-0.05, 0) is 123 Å². The Balaban J connectivity index is 1.28. The smallest absolute Gasteiger partial charge is 0.0543 e. The number of benzene rings is 7. The lowest BCUT2D eigenvalue weighted by atomic mass is 9.80. The highest BCUT2D eigenvalue weighted by Crippen LogP contribution is 2.54. The minimum atomic E-state index is -0.101. The Morgan fingerprint density at radius 1 is 0.479 bits per heavy atom. The zero-order chi connectivity index (χ0) is 32.2. The molecule has 0 unspecified atom stereocenters. The highest BCUT2D eigenvalue weighted by atomic mass is 15.1. The van der Waals surface area contributed by atoms with Crippen molar-refractivity contribution in [3.63, 3.8) is 0 Å². The molecule has 0 amide bonds. The van der Waals surface area contributed by atoms with Crippen LogP contribution < -0.4 is 4.90 Å². The van der Waals surface area contributed by atoms with Crippen molar-refractivity contribution in [2.45, 2.75) is 44.9 Å². The van der Waals surface area contributed by atoms with E-state index in [0.717, 1.165) is 24.2 Å². The van der Waals surface area contributed by atoms with Gasteiger partial charge < -0.3 is 4.90 Å². The number of nitrogens with zero attached hydrogens (tertiary/aromatic N) is 1. The maximum atomic E-state index is 2.52. The van der Waals surface area contributed by atoms with E-state index in [4.69, 9.17) is 0 Å². The molecule has 0 aliphatic heterocycles. The van der Waals surface area contributed by atoms with Crippen molar-refractivity contribution >= 4 is 27.8 Å². The van der Waals surface area contributed by atoms with Crippen molar-refractivity contribution < 1.29 is 0 Å². The summed E-state index contributed by atoms with van der Waals surface area (Å²) in [5.41, 5.74) is 17.2. The number of hydrogen-bond acceptors (Lipinski definition) is 1. The first-order valence-electron chi connectivity index (χ1n) is 17.4. The number of rotatable bonds is 5. The fraction of sp³-hybridized carbons (Fsp3) is 0.149. The van der Waals surface area contributed by atoms with Gasteiger partial charge in [-0.25, -0.2) is 0 Å². The van der Waals surface area contributed by atoms with Gasteiger partial charge in [-0.3, -0.25) is 0 Å². The zero-order valence-electron chi connectivity index (χ0n) is 27.7. The summed E-state index contributed by atoms with van der Waals surface area (Å²) < 4.78 is 0. The fourth-order valence-electron chi connectivity index (χ4n) is 8.44. The average Bonchev–Trinajstić information content (AvgIpc) is 3.37. The molecular formula is C47H39N. The summed E-state index contributed by atoms with van der Waals surface area (Å²) in [4.78, 5) is 2.49. The molecule has 0 radical (unpaired) electrons. The van der Waals surface area contributed by atoms with Crippen LogP contribution in [0.4, 0.5) is 17.1 Å². The number of anilines is 3. The maximum Gasteiger partial charge on any atom is 0.0543 e. The quantitative estimate of drug-likeness (QED) is 0.186. The molecule has 0 N–H and O–H groups in total. The molecule has 2 aliphatic rings. The lowest BCUT2D eigenvalue weighted by Crippen LogP contribution is -2.17. The Bertz CT molecular complexity index is 2300. The van der Waals surface area contributed by atoms with E-state index in [1.165, 1.54) is 84.9 Å². The minimum absolute atomic E-state index is 0.101. The molecule has 0 spiro atoms. The number of para-hydroxylation sites is 1. The van der Waals surface area contributed by atoms with Gasteiger partial charge >= 0.3 is 0 Å². The van der Waals surface area contributed by atoms with Crippen LogP contribution in [0.1, 0.15) is 48.9 Å². The predicted octanol–water partition coefficient (Wildman–Crippen LogP) is 12.8. The van der Waals surface area contributed by atoms with E-state index in [2.05, 4.69) is 170 Å². The Kier molecular flexibility index (Phi) is 6.83. The van der Waals surface area contributed by atoms with Crippen molar-refractivity contribution in [3.05, 3.63) is 174 Å².